The number of halogens is 5. The van der Waals surface area contributed by atoms with Gasteiger partial charge in [-0.05, 0) is 75.9 Å². The van der Waals surface area contributed by atoms with Crippen LogP contribution in [0.25, 0.3) is 0 Å². The van der Waals surface area contributed by atoms with Gasteiger partial charge in [-0.1, -0.05) is 71.2 Å². The van der Waals surface area contributed by atoms with Crippen LogP contribution in [0.2, 0.25) is 15.1 Å². The summed E-state index contributed by atoms with van der Waals surface area (Å²) in [7, 11) is 0. The number of nitrogens with two attached hydrogens (primary N) is 1. The third-order valence-electron chi connectivity index (χ3n) is 9.16. The summed E-state index contributed by atoms with van der Waals surface area (Å²) in [5.41, 5.74) is 5.95. The van der Waals surface area contributed by atoms with E-state index in [1.54, 1.807) is 50.8 Å². The first kappa shape index (κ1) is 35.4. The van der Waals surface area contributed by atoms with Crippen molar-refractivity contribution in [2.75, 3.05) is 13.1 Å². The molecule has 4 unspecified atom stereocenters. The van der Waals surface area contributed by atoms with Crippen LogP contribution in [0.1, 0.15) is 63.1 Å². The Kier molecular flexibility index (Phi) is 10.4. The van der Waals surface area contributed by atoms with Crippen molar-refractivity contribution in [3.8, 4) is 0 Å². The number of hydrogen-bond acceptors (Lipinski definition) is 5. The van der Waals surface area contributed by atoms with Crippen molar-refractivity contribution >= 4 is 46.8 Å². The van der Waals surface area contributed by atoms with Crippen molar-refractivity contribution in [1.82, 2.24) is 15.1 Å². The van der Waals surface area contributed by atoms with E-state index in [0.717, 1.165) is 11.6 Å². The molecule has 0 radical (unpaired) electrons. The molecule has 2 fully saturated rings. The molecule has 0 aliphatic carbocycles. The third-order valence-corrected chi connectivity index (χ3v) is 10.1. The highest BCUT2D eigenvalue weighted by Crippen LogP contribution is 2.52. The molecule has 0 spiro atoms. The second-order valence-electron chi connectivity index (χ2n) is 13.3. The van der Waals surface area contributed by atoms with Gasteiger partial charge in [0.25, 0.3) is 0 Å². The monoisotopic (exact) mass is 706 g/mol. The molecule has 2 heterocycles. The molecule has 3 aromatic rings. The zero-order chi connectivity index (χ0) is 34.3. The number of benzene rings is 3. The number of rotatable bonds is 6. The molecule has 3 aromatic carbocycles. The van der Waals surface area contributed by atoms with Gasteiger partial charge in [-0.25, -0.2) is 13.6 Å². The van der Waals surface area contributed by atoms with E-state index in [1.165, 1.54) is 24.3 Å². The van der Waals surface area contributed by atoms with Gasteiger partial charge in [0, 0.05) is 53.2 Å². The lowest BCUT2D eigenvalue weighted by Gasteiger charge is -2.37. The van der Waals surface area contributed by atoms with E-state index >= 15 is 8.78 Å². The largest absolute Gasteiger partial charge is 0.444 e. The summed E-state index contributed by atoms with van der Waals surface area (Å²) in [5.74, 6) is -2.91. The predicted molar refractivity (Wildman–Crippen MR) is 181 cm³/mol. The molecule has 2 aliphatic rings. The van der Waals surface area contributed by atoms with Crippen LogP contribution in [0.3, 0.4) is 0 Å². The molecule has 12 heteroatoms. The molecule has 2 saturated heterocycles. The minimum Gasteiger partial charge on any atom is -0.444 e. The number of nitrogens with zero attached hydrogens (tertiary/aromatic N) is 2. The van der Waals surface area contributed by atoms with Gasteiger partial charge in [0.05, 0.1) is 16.6 Å². The lowest BCUT2D eigenvalue weighted by atomic mass is 9.71. The van der Waals surface area contributed by atoms with E-state index in [0.29, 0.717) is 31.0 Å². The zero-order valence-electron chi connectivity index (χ0n) is 26.7. The number of amides is 2. The highest BCUT2D eigenvalue weighted by atomic mass is 35.5. The van der Waals surface area contributed by atoms with Crippen LogP contribution in [0.15, 0.2) is 60.7 Å². The summed E-state index contributed by atoms with van der Waals surface area (Å²) >= 11 is 19.0. The van der Waals surface area contributed by atoms with Gasteiger partial charge in [0.15, 0.2) is 0 Å². The lowest BCUT2D eigenvalue weighted by Crippen LogP contribution is -2.53. The zero-order valence-corrected chi connectivity index (χ0v) is 29.0. The Labute approximate surface area is 289 Å². The van der Waals surface area contributed by atoms with E-state index in [1.807, 2.05) is 17.0 Å². The van der Waals surface area contributed by atoms with Crippen molar-refractivity contribution in [2.24, 2.45) is 5.73 Å². The molecule has 4 atom stereocenters. The maximum atomic E-state index is 16.0. The third kappa shape index (κ3) is 7.25. The second-order valence-corrected chi connectivity index (χ2v) is 14.6. The summed E-state index contributed by atoms with van der Waals surface area (Å²) in [6.45, 7) is 8.15. The molecule has 5 rings (SSSR count). The Morgan fingerprint density at radius 3 is 2.30 bits per heavy atom. The number of piperidine rings is 1. The molecule has 0 bridgehead atoms. The van der Waals surface area contributed by atoms with Crippen LogP contribution in [0.4, 0.5) is 13.6 Å². The maximum absolute atomic E-state index is 16.0. The van der Waals surface area contributed by atoms with Crippen LogP contribution in [-0.2, 0) is 21.6 Å². The van der Waals surface area contributed by atoms with E-state index in [-0.39, 0.29) is 33.8 Å². The second kappa shape index (κ2) is 13.9. The molecule has 0 aromatic heterocycles. The maximum Gasteiger partial charge on any atom is 0.410 e. The SMILES string of the molecule is CC1N(Cc2ccccc2Cl)C(C(=O)NC2CCN(C(=O)OC(C)(C)C)CC2)C(c2cccc(Cl)c2F)C1(N)c1ccc(Cl)cc1F. The topological polar surface area (TPSA) is 87.9 Å². The lowest BCUT2D eigenvalue weighted by molar-refractivity contribution is -0.127. The van der Waals surface area contributed by atoms with E-state index in [4.69, 9.17) is 45.3 Å². The number of likely N-dealkylation sites (tertiary alicyclic amines) is 2. The van der Waals surface area contributed by atoms with Crippen LogP contribution in [-0.4, -0.2) is 58.6 Å². The van der Waals surface area contributed by atoms with Gasteiger partial charge in [-0.3, -0.25) is 9.69 Å². The van der Waals surface area contributed by atoms with Crippen molar-refractivity contribution < 1.29 is 23.1 Å². The van der Waals surface area contributed by atoms with Crippen LogP contribution < -0.4 is 11.1 Å². The van der Waals surface area contributed by atoms with Crippen LogP contribution in [0.5, 0.6) is 0 Å². The summed E-state index contributed by atoms with van der Waals surface area (Å²) < 4.78 is 37.4. The normalized spacial score (nSPS) is 24.0. The molecule has 47 heavy (non-hydrogen) atoms. The van der Waals surface area contributed by atoms with Crippen LogP contribution in [0, 0.1) is 11.6 Å². The van der Waals surface area contributed by atoms with Gasteiger partial charge in [0.2, 0.25) is 5.91 Å². The Balaban J connectivity index is 1.56. The molecule has 3 N–H and O–H groups in total. The number of nitrogens with one attached hydrogen (secondary N) is 1. The first-order valence-corrected chi connectivity index (χ1v) is 16.7. The van der Waals surface area contributed by atoms with Gasteiger partial charge in [0.1, 0.15) is 17.2 Å². The molecule has 252 valence electrons. The minimum atomic E-state index is -1.62. The number of carbonyl (C=O) groups is 2. The summed E-state index contributed by atoms with van der Waals surface area (Å²) in [5, 5.41) is 3.65. The molecular weight excluding hydrogens is 669 g/mol. The van der Waals surface area contributed by atoms with Crippen molar-refractivity contribution in [1.29, 1.82) is 0 Å². The summed E-state index contributed by atoms with van der Waals surface area (Å²) in [6.07, 6.45) is 0.549. The van der Waals surface area contributed by atoms with Gasteiger partial charge < -0.3 is 20.7 Å². The van der Waals surface area contributed by atoms with Gasteiger partial charge in [-0.2, -0.15) is 0 Å². The van der Waals surface area contributed by atoms with Crippen molar-refractivity contribution in [3.63, 3.8) is 0 Å². The van der Waals surface area contributed by atoms with Crippen molar-refractivity contribution in [3.05, 3.63) is 104 Å². The quantitative estimate of drug-likeness (QED) is 0.275. The minimum absolute atomic E-state index is 0.0859. The highest BCUT2D eigenvalue weighted by molar-refractivity contribution is 6.31. The summed E-state index contributed by atoms with van der Waals surface area (Å²) in [6, 6.07) is 13.9. The fourth-order valence-corrected chi connectivity index (χ4v) is 7.37. The van der Waals surface area contributed by atoms with Crippen LogP contribution >= 0.6 is 34.8 Å². The Morgan fingerprint density at radius 2 is 1.66 bits per heavy atom. The first-order chi connectivity index (χ1) is 22.1. The average molecular weight is 708 g/mol. The smallest absolute Gasteiger partial charge is 0.410 e. The Hall–Kier alpha value is -2.95. The molecule has 2 amide bonds. The first-order valence-electron chi connectivity index (χ1n) is 15.6. The highest BCUT2D eigenvalue weighted by Gasteiger charge is 2.60. The predicted octanol–water partition coefficient (Wildman–Crippen LogP) is 7.65. The number of carbonyl (C=O) groups excluding carboxylic acids is 2. The fourth-order valence-electron chi connectivity index (χ4n) is 6.83. The Morgan fingerprint density at radius 1 is 1.00 bits per heavy atom. The Bertz CT molecular complexity index is 1650. The van der Waals surface area contributed by atoms with Gasteiger partial charge in [-0.15, -0.1) is 0 Å². The molecule has 7 nitrogen and oxygen atoms in total. The number of ether oxygens (including phenoxy) is 1. The standard InChI is InChI=1S/C35H39Cl3F2N4O3/c1-20-35(41,25-13-12-22(36)18-28(25)39)29(24-9-7-11-27(38)30(24)40)31(44(20)19-21-8-5-6-10-26(21)37)32(45)42-23-14-16-43(17-15-23)33(46)47-34(2,3)4/h5-13,18,20,23,29,31H,14-17,19,41H2,1-4H3,(H,42,45). The van der Waals surface area contributed by atoms with Gasteiger partial charge >= 0.3 is 6.09 Å². The fraction of sp³-hybridized carbons (Fsp3) is 0.429. The molecular formula is C35H39Cl3F2N4O3. The van der Waals surface area contributed by atoms with E-state index < -0.39 is 52.8 Å². The number of hydrogen-bond donors (Lipinski definition) is 2. The molecule has 0 saturated carbocycles. The average Bonchev–Trinajstić information content (AvgIpc) is 3.21. The van der Waals surface area contributed by atoms with Crippen molar-refractivity contribution in [2.45, 2.75) is 82.3 Å². The summed E-state index contributed by atoms with van der Waals surface area (Å²) in [4.78, 5) is 30.7. The van der Waals surface area contributed by atoms with E-state index in [2.05, 4.69) is 5.32 Å². The van der Waals surface area contributed by atoms with E-state index in [9.17, 15) is 9.59 Å². The molecule has 2 aliphatic heterocycles.